The number of amides is 1. The number of carbonyl (C=O) groups is 2. The Hall–Kier alpha value is -3.35. The molecule has 30 heavy (non-hydrogen) atoms. The monoisotopic (exact) mass is 407 g/mol. The van der Waals surface area contributed by atoms with Crippen LogP contribution in [0.1, 0.15) is 42.0 Å². The lowest BCUT2D eigenvalue weighted by Gasteiger charge is -2.14. The fourth-order valence-electron chi connectivity index (χ4n) is 4.33. The van der Waals surface area contributed by atoms with Gasteiger partial charge in [-0.3, -0.25) is 9.78 Å². The van der Waals surface area contributed by atoms with Crippen LogP contribution in [0.4, 0.5) is 0 Å². The standard InChI is InChI=1S/C23H25N3O4/c1-29-20(27)14-30-19-8-4-7-18-22(19)21-16(23(24)28)5-2-3-6-17(21)26(18)13-15-9-11-25-12-10-15/h4,7-12,16H,2-3,5-6,13-14H2,1H3,(H2,24,28). The van der Waals surface area contributed by atoms with Gasteiger partial charge in [-0.15, -0.1) is 0 Å². The zero-order valence-electron chi connectivity index (χ0n) is 17.0. The summed E-state index contributed by atoms with van der Waals surface area (Å²) < 4.78 is 12.8. The van der Waals surface area contributed by atoms with Gasteiger partial charge in [0.1, 0.15) is 5.75 Å². The Morgan fingerprint density at radius 1 is 1.20 bits per heavy atom. The maximum Gasteiger partial charge on any atom is 0.343 e. The van der Waals surface area contributed by atoms with E-state index in [-0.39, 0.29) is 18.4 Å². The van der Waals surface area contributed by atoms with E-state index in [2.05, 4.69) is 9.55 Å². The van der Waals surface area contributed by atoms with Crippen LogP contribution in [0.15, 0.2) is 42.7 Å². The van der Waals surface area contributed by atoms with Crippen LogP contribution < -0.4 is 10.5 Å². The summed E-state index contributed by atoms with van der Waals surface area (Å²) in [6.45, 7) is 0.460. The summed E-state index contributed by atoms with van der Waals surface area (Å²) in [7, 11) is 1.33. The minimum Gasteiger partial charge on any atom is -0.481 e. The quantitative estimate of drug-likeness (QED) is 0.501. The molecule has 0 saturated heterocycles. The van der Waals surface area contributed by atoms with E-state index in [9.17, 15) is 9.59 Å². The van der Waals surface area contributed by atoms with Crippen LogP contribution in [0.5, 0.6) is 5.75 Å². The van der Waals surface area contributed by atoms with Crippen molar-refractivity contribution in [1.82, 2.24) is 9.55 Å². The van der Waals surface area contributed by atoms with E-state index in [4.69, 9.17) is 15.2 Å². The largest absolute Gasteiger partial charge is 0.481 e. The molecule has 3 aromatic rings. The molecule has 7 nitrogen and oxygen atoms in total. The third kappa shape index (κ3) is 3.75. The highest BCUT2D eigenvalue weighted by Crippen LogP contribution is 2.42. The van der Waals surface area contributed by atoms with E-state index in [0.717, 1.165) is 47.0 Å². The average Bonchev–Trinajstić information content (AvgIpc) is 2.91. The second-order valence-electron chi connectivity index (χ2n) is 7.52. The summed E-state index contributed by atoms with van der Waals surface area (Å²) in [4.78, 5) is 28.1. The number of esters is 1. The molecule has 2 N–H and O–H groups in total. The van der Waals surface area contributed by atoms with Crippen LogP contribution in [0, 0.1) is 0 Å². The van der Waals surface area contributed by atoms with Crippen LogP contribution >= 0.6 is 0 Å². The van der Waals surface area contributed by atoms with Crippen molar-refractivity contribution in [3.05, 3.63) is 59.5 Å². The highest BCUT2D eigenvalue weighted by atomic mass is 16.6. The summed E-state index contributed by atoms with van der Waals surface area (Å²) in [6.07, 6.45) is 7.04. The molecule has 1 aliphatic carbocycles. The first kappa shape index (κ1) is 19.9. The zero-order chi connectivity index (χ0) is 21.1. The number of hydrogen-bond donors (Lipinski definition) is 1. The minimum atomic E-state index is -0.458. The number of aromatic nitrogens is 2. The van der Waals surface area contributed by atoms with Crippen molar-refractivity contribution in [3.8, 4) is 5.75 Å². The maximum absolute atomic E-state index is 12.4. The third-order valence-corrected chi connectivity index (χ3v) is 5.71. The Balaban J connectivity index is 1.91. The Morgan fingerprint density at radius 3 is 2.73 bits per heavy atom. The molecule has 0 saturated carbocycles. The first-order chi connectivity index (χ1) is 14.6. The fourth-order valence-corrected chi connectivity index (χ4v) is 4.33. The number of nitrogens with zero attached hydrogens (tertiary/aromatic N) is 2. The Kier molecular flexibility index (Phi) is 5.70. The molecule has 4 rings (SSSR count). The van der Waals surface area contributed by atoms with Crippen LogP contribution in [-0.2, 0) is 27.3 Å². The molecule has 0 aliphatic heterocycles. The van der Waals surface area contributed by atoms with Crippen molar-refractivity contribution in [3.63, 3.8) is 0 Å². The van der Waals surface area contributed by atoms with Gasteiger partial charge < -0.3 is 19.8 Å². The molecular weight excluding hydrogens is 382 g/mol. The Morgan fingerprint density at radius 2 is 2.00 bits per heavy atom. The van der Waals surface area contributed by atoms with Gasteiger partial charge in [0.25, 0.3) is 0 Å². The second-order valence-corrected chi connectivity index (χ2v) is 7.52. The zero-order valence-corrected chi connectivity index (χ0v) is 17.0. The molecular formula is C23H25N3O4. The molecule has 2 aromatic heterocycles. The topological polar surface area (TPSA) is 96.4 Å². The molecule has 1 unspecified atom stereocenters. The molecule has 156 valence electrons. The molecule has 1 atom stereocenters. The van der Waals surface area contributed by atoms with Crippen molar-refractivity contribution >= 4 is 22.8 Å². The number of nitrogens with two attached hydrogens (primary N) is 1. The molecule has 1 amide bonds. The molecule has 1 aliphatic rings. The van der Waals surface area contributed by atoms with Gasteiger partial charge in [0, 0.05) is 30.0 Å². The first-order valence-electron chi connectivity index (χ1n) is 10.1. The molecule has 1 aromatic carbocycles. The number of fused-ring (bicyclic) bond motifs is 3. The van der Waals surface area contributed by atoms with Gasteiger partial charge >= 0.3 is 5.97 Å². The summed E-state index contributed by atoms with van der Waals surface area (Å²) in [6, 6.07) is 9.71. The Labute approximate surface area is 174 Å². The highest BCUT2D eigenvalue weighted by molar-refractivity contribution is 5.97. The van der Waals surface area contributed by atoms with Crippen LogP contribution in [0.25, 0.3) is 10.9 Å². The van der Waals surface area contributed by atoms with Gasteiger partial charge in [-0.2, -0.15) is 0 Å². The van der Waals surface area contributed by atoms with E-state index in [1.165, 1.54) is 7.11 Å². The minimum absolute atomic E-state index is 0.193. The summed E-state index contributed by atoms with van der Waals surface area (Å²) in [5, 5.41) is 0.858. The maximum atomic E-state index is 12.4. The van der Waals surface area contributed by atoms with Gasteiger partial charge in [0.2, 0.25) is 5.91 Å². The summed E-state index contributed by atoms with van der Waals surface area (Å²) in [5.74, 6) is -0.605. The Bertz CT molecular complexity index is 1070. The predicted molar refractivity (Wildman–Crippen MR) is 112 cm³/mol. The first-order valence-corrected chi connectivity index (χ1v) is 10.1. The highest BCUT2D eigenvalue weighted by Gasteiger charge is 2.31. The second kappa shape index (κ2) is 8.57. The lowest BCUT2D eigenvalue weighted by Crippen LogP contribution is -2.21. The fraction of sp³-hybridized carbons (Fsp3) is 0.348. The summed E-state index contributed by atoms with van der Waals surface area (Å²) in [5.41, 5.74) is 9.95. The number of benzene rings is 1. The van der Waals surface area contributed by atoms with E-state index in [1.807, 2.05) is 30.3 Å². The van der Waals surface area contributed by atoms with Gasteiger partial charge in [-0.1, -0.05) is 12.5 Å². The molecule has 2 heterocycles. The number of primary amides is 1. The van der Waals surface area contributed by atoms with Crippen LogP contribution in [-0.4, -0.2) is 35.1 Å². The van der Waals surface area contributed by atoms with E-state index in [1.54, 1.807) is 12.4 Å². The molecule has 0 fully saturated rings. The van der Waals surface area contributed by atoms with Gasteiger partial charge in [-0.05, 0) is 54.7 Å². The third-order valence-electron chi connectivity index (χ3n) is 5.71. The predicted octanol–water partition coefficient (Wildman–Crippen LogP) is 2.93. The normalized spacial score (nSPS) is 16.0. The number of methoxy groups -OCH3 is 1. The molecule has 0 spiro atoms. The SMILES string of the molecule is COC(=O)COc1cccc2c1c1c(n2Cc2ccncc2)CCCCC1C(N)=O. The van der Waals surface area contributed by atoms with E-state index < -0.39 is 5.97 Å². The number of pyridine rings is 1. The lowest BCUT2D eigenvalue weighted by atomic mass is 9.92. The van der Waals surface area contributed by atoms with Gasteiger partial charge in [-0.25, -0.2) is 4.79 Å². The summed E-state index contributed by atoms with van der Waals surface area (Å²) >= 11 is 0. The van der Waals surface area contributed by atoms with Gasteiger partial charge in [0.15, 0.2) is 6.61 Å². The lowest BCUT2D eigenvalue weighted by molar-refractivity contribution is -0.142. The van der Waals surface area contributed by atoms with E-state index >= 15 is 0 Å². The van der Waals surface area contributed by atoms with Crippen LogP contribution in [0.2, 0.25) is 0 Å². The van der Waals surface area contributed by atoms with Crippen molar-refractivity contribution < 1.29 is 19.1 Å². The van der Waals surface area contributed by atoms with Crippen molar-refractivity contribution in [2.24, 2.45) is 5.73 Å². The molecule has 0 radical (unpaired) electrons. The number of hydrogen-bond acceptors (Lipinski definition) is 5. The van der Waals surface area contributed by atoms with Crippen LogP contribution in [0.3, 0.4) is 0 Å². The number of ether oxygens (including phenoxy) is 2. The van der Waals surface area contributed by atoms with E-state index in [0.29, 0.717) is 18.7 Å². The van der Waals surface area contributed by atoms with Crippen molar-refractivity contribution in [2.75, 3.05) is 13.7 Å². The number of rotatable bonds is 6. The molecule has 7 heteroatoms. The molecule has 0 bridgehead atoms. The smallest absolute Gasteiger partial charge is 0.343 e. The van der Waals surface area contributed by atoms with Crippen molar-refractivity contribution in [1.29, 1.82) is 0 Å². The van der Waals surface area contributed by atoms with Gasteiger partial charge in [0.05, 0.1) is 18.5 Å². The average molecular weight is 407 g/mol. The number of carbonyl (C=O) groups excluding carboxylic acids is 2. The van der Waals surface area contributed by atoms with Crippen molar-refractivity contribution in [2.45, 2.75) is 38.1 Å².